The summed E-state index contributed by atoms with van der Waals surface area (Å²) >= 11 is 0. The zero-order valence-corrected chi connectivity index (χ0v) is 30.9. The van der Waals surface area contributed by atoms with Gasteiger partial charge in [0.15, 0.2) is 11.6 Å². The lowest BCUT2D eigenvalue weighted by atomic mass is 9.46. The van der Waals surface area contributed by atoms with Gasteiger partial charge in [-0.2, -0.15) is 0 Å². The molecule has 4 nitrogen and oxygen atoms in total. The van der Waals surface area contributed by atoms with E-state index in [1.807, 2.05) is 12.2 Å². The molecule has 4 heteroatoms. The van der Waals surface area contributed by atoms with Crippen LogP contribution in [0.1, 0.15) is 138 Å². The molecular formula is C47H60O4. The zero-order chi connectivity index (χ0) is 34.4. The molecule has 0 saturated heterocycles. The first-order valence-electron chi connectivity index (χ1n) is 20.8. The first kappa shape index (κ1) is 33.2. The van der Waals surface area contributed by atoms with E-state index in [-0.39, 0.29) is 39.9 Å². The van der Waals surface area contributed by atoms with E-state index in [9.17, 15) is 19.2 Å². The predicted molar refractivity (Wildman–Crippen MR) is 198 cm³/mol. The number of hydrogen-bond donors (Lipinski definition) is 0. The van der Waals surface area contributed by atoms with Gasteiger partial charge in [-0.05, 0) is 158 Å². The van der Waals surface area contributed by atoms with Gasteiger partial charge in [0.05, 0.1) is 10.8 Å². The maximum absolute atomic E-state index is 13.1. The Morgan fingerprint density at radius 1 is 0.529 bits per heavy atom. The van der Waals surface area contributed by atoms with E-state index < -0.39 is 0 Å². The lowest BCUT2D eigenvalue weighted by Gasteiger charge is -2.56. The molecule has 8 saturated carbocycles. The van der Waals surface area contributed by atoms with E-state index in [1.54, 1.807) is 11.1 Å². The Morgan fingerprint density at radius 3 is 1.35 bits per heavy atom. The Labute approximate surface area is 305 Å². The smallest absolute Gasteiger partial charge is 0.155 e. The highest BCUT2D eigenvalue weighted by atomic mass is 16.1. The SMILES string of the molecule is C.CC12CCC(=O)C=C1C1CC1C1C3=CC[C@@]4(C)CCC(=O)[C@@]34CCC12.CC12CCC(=O)C=C1[C@H]1CC1C1C3=CC[C@@]4(C)CCC(=O)[C@@]34CCC12. The summed E-state index contributed by atoms with van der Waals surface area (Å²) in [4.78, 5) is 50.4. The van der Waals surface area contributed by atoms with Crippen LogP contribution in [0.4, 0.5) is 0 Å². The summed E-state index contributed by atoms with van der Waals surface area (Å²) in [5.74, 6) is 7.07. The van der Waals surface area contributed by atoms with Crippen LogP contribution in [0.5, 0.6) is 0 Å². The molecule has 0 aromatic carbocycles. The van der Waals surface area contributed by atoms with Crippen molar-refractivity contribution in [3.8, 4) is 0 Å². The molecule has 12 rings (SSSR count). The Morgan fingerprint density at radius 2 is 0.941 bits per heavy atom. The van der Waals surface area contributed by atoms with Crippen LogP contribution in [-0.2, 0) is 19.2 Å². The molecule has 2 spiro atoms. The highest BCUT2D eigenvalue weighted by Crippen LogP contribution is 2.78. The average Bonchev–Trinajstić information content (AvgIpc) is 3.98. The minimum absolute atomic E-state index is 0. The van der Waals surface area contributed by atoms with Crippen molar-refractivity contribution in [2.24, 2.45) is 79.8 Å². The summed E-state index contributed by atoms with van der Waals surface area (Å²) in [5.41, 5.74) is 6.72. The lowest BCUT2D eigenvalue weighted by molar-refractivity contribution is -0.131. The van der Waals surface area contributed by atoms with Gasteiger partial charge in [-0.3, -0.25) is 19.2 Å². The van der Waals surface area contributed by atoms with Crippen LogP contribution in [-0.4, -0.2) is 23.1 Å². The standard InChI is InChI=1S/2C23H28O2.CH4/c2*1-21-7-4-17-20-15-12-14(15)18-11-13(24)3-9-22(18,2)16(20)5-10-23(17,21)19(25)6-8-21;/h2*4,11,14-16,20H,3,5-10,12H2,1-2H3;1H4/t14?,15?,16?,20?,21-,22?,23+;14-,15?,16?,20?,21-,22?,23+;/m00./s1. The van der Waals surface area contributed by atoms with Gasteiger partial charge in [0.2, 0.25) is 0 Å². The Balaban J connectivity index is 0.000000126. The Hall–Kier alpha value is -2.36. The van der Waals surface area contributed by atoms with Gasteiger partial charge in [0.1, 0.15) is 11.6 Å². The lowest BCUT2D eigenvalue weighted by Crippen LogP contribution is -2.52. The molecule has 51 heavy (non-hydrogen) atoms. The summed E-state index contributed by atoms with van der Waals surface area (Å²) in [6, 6.07) is 0. The van der Waals surface area contributed by atoms with Crippen molar-refractivity contribution in [1.29, 1.82) is 0 Å². The van der Waals surface area contributed by atoms with Crippen LogP contribution in [0.25, 0.3) is 0 Å². The fourth-order valence-corrected chi connectivity index (χ4v) is 16.6. The van der Waals surface area contributed by atoms with Crippen molar-refractivity contribution >= 4 is 23.1 Å². The molecule has 272 valence electrons. The molecule has 0 bridgehead atoms. The molecule has 0 radical (unpaired) electrons. The minimum atomic E-state index is -0.108. The highest BCUT2D eigenvalue weighted by molar-refractivity contribution is 5.95. The minimum Gasteiger partial charge on any atom is -0.299 e. The van der Waals surface area contributed by atoms with Crippen molar-refractivity contribution in [2.45, 2.75) is 138 Å². The van der Waals surface area contributed by atoms with E-state index in [0.29, 0.717) is 58.6 Å². The molecular weight excluding hydrogens is 629 g/mol. The molecule has 8 fully saturated rings. The molecule has 14 atom stereocenters. The fraction of sp³-hybridized carbons (Fsp3) is 0.745. The van der Waals surface area contributed by atoms with Gasteiger partial charge < -0.3 is 0 Å². The zero-order valence-electron chi connectivity index (χ0n) is 30.9. The quantitative estimate of drug-likeness (QED) is 0.238. The third kappa shape index (κ3) is 3.71. The third-order valence-electron chi connectivity index (χ3n) is 19.4. The van der Waals surface area contributed by atoms with Gasteiger partial charge in [-0.1, -0.05) is 69.6 Å². The number of rotatable bonds is 0. The molecule has 0 heterocycles. The summed E-state index contributed by atoms with van der Waals surface area (Å²) in [6.45, 7) is 9.67. The van der Waals surface area contributed by atoms with Crippen molar-refractivity contribution in [1.82, 2.24) is 0 Å². The van der Waals surface area contributed by atoms with Crippen LogP contribution in [0.2, 0.25) is 0 Å². The molecule has 0 amide bonds. The number of carbonyl (C=O) groups is 4. The second-order valence-electron chi connectivity index (χ2n) is 20.8. The fourth-order valence-electron chi connectivity index (χ4n) is 16.6. The highest BCUT2D eigenvalue weighted by Gasteiger charge is 2.73. The van der Waals surface area contributed by atoms with Crippen molar-refractivity contribution < 1.29 is 19.2 Å². The van der Waals surface area contributed by atoms with Crippen molar-refractivity contribution in [2.75, 3.05) is 0 Å². The maximum atomic E-state index is 13.1. The largest absolute Gasteiger partial charge is 0.299 e. The van der Waals surface area contributed by atoms with Crippen molar-refractivity contribution in [3.63, 3.8) is 0 Å². The van der Waals surface area contributed by atoms with Gasteiger partial charge >= 0.3 is 0 Å². The first-order chi connectivity index (χ1) is 23.8. The Bertz CT molecular complexity index is 1710. The van der Waals surface area contributed by atoms with Crippen LogP contribution >= 0.6 is 0 Å². The summed E-state index contributed by atoms with van der Waals surface area (Å²) in [6.07, 6.45) is 25.7. The monoisotopic (exact) mass is 688 g/mol. The number of fused-ring (bicyclic) bond motifs is 14. The second-order valence-corrected chi connectivity index (χ2v) is 20.8. The topological polar surface area (TPSA) is 68.3 Å². The second kappa shape index (κ2) is 10.0. The van der Waals surface area contributed by atoms with E-state index in [2.05, 4.69) is 39.8 Å². The van der Waals surface area contributed by atoms with Gasteiger partial charge in [-0.25, -0.2) is 0 Å². The summed E-state index contributed by atoms with van der Waals surface area (Å²) in [5, 5.41) is 0. The van der Waals surface area contributed by atoms with Crippen molar-refractivity contribution in [3.05, 3.63) is 46.6 Å². The van der Waals surface area contributed by atoms with E-state index in [0.717, 1.165) is 88.9 Å². The average molecular weight is 689 g/mol. The molecule has 12 aliphatic rings. The molecule has 12 aliphatic carbocycles. The Kier molecular flexibility index (Phi) is 6.54. The molecule has 0 aromatic rings. The number of carbonyl (C=O) groups excluding carboxylic acids is 4. The summed E-state index contributed by atoms with van der Waals surface area (Å²) < 4.78 is 0. The number of allylic oxidation sites excluding steroid dienone is 8. The maximum Gasteiger partial charge on any atom is 0.155 e. The predicted octanol–water partition coefficient (Wildman–Crippen LogP) is 9.92. The molecule has 0 aliphatic heterocycles. The first-order valence-corrected chi connectivity index (χ1v) is 20.8. The van der Waals surface area contributed by atoms with Gasteiger partial charge in [0, 0.05) is 25.7 Å². The van der Waals surface area contributed by atoms with E-state index in [4.69, 9.17) is 0 Å². The number of Topliss-reactive ketones (excluding diaryl/α,β-unsaturated/α-hetero) is 2. The van der Waals surface area contributed by atoms with Crippen LogP contribution < -0.4 is 0 Å². The molecule has 0 N–H and O–H groups in total. The normalized spacial score (nSPS) is 54.4. The van der Waals surface area contributed by atoms with Crippen LogP contribution in [0.3, 0.4) is 0 Å². The van der Waals surface area contributed by atoms with Crippen LogP contribution in [0.15, 0.2) is 46.6 Å². The van der Waals surface area contributed by atoms with Gasteiger partial charge in [-0.15, -0.1) is 0 Å². The molecule has 0 aromatic heterocycles. The van der Waals surface area contributed by atoms with E-state index >= 15 is 0 Å². The molecule has 9 unspecified atom stereocenters. The third-order valence-corrected chi connectivity index (χ3v) is 19.4. The summed E-state index contributed by atoms with van der Waals surface area (Å²) in [7, 11) is 0. The number of ketones is 4. The van der Waals surface area contributed by atoms with Crippen LogP contribution in [0, 0.1) is 79.8 Å². The van der Waals surface area contributed by atoms with Gasteiger partial charge in [0.25, 0.3) is 0 Å². The number of hydrogen-bond acceptors (Lipinski definition) is 4. The van der Waals surface area contributed by atoms with E-state index in [1.165, 1.54) is 36.8 Å².